The lowest BCUT2D eigenvalue weighted by Gasteiger charge is -2.22. The maximum atomic E-state index is 9.03. The molecule has 1 aromatic rings. The van der Waals surface area contributed by atoms with Crippen molar-refractivity contribution in [3.8, 4) is 0 Å². The first kappa shape index (κ1) is 12.9. The largest absolute Gasteiger partial charge is 0.396 e. The predicted octanol–water partition coefficient (Wildman–Crippen LogP) is 1.82. The minimum absolute atomic E-state index is 0.197. The molecule has 2 atom stereocenters. The number of fused-ring (bicyclic) bond motifs is 1. The maximum Gasteiger partial charge on any atom is 0.0616 e. The molecule has 4 heteroatoms. The Hall–Kier alpha value is -0.550. The molecule has 1 aliphatic rings. The minimum atomic E-state index is 0.197. The third kappa shape index (κ3) is 3.22. The van der Waals surface area contributed by atoms with Gasteiger partial charge in [-0.1, -0.05) is 18.2 Å². The lowest BCUT2D eigenvalue weighted by molar-refractivity contribution is 0.144. The molecular formula is C13H19NO2S. The Morgan fingerprint density at radius 1 is 1.53 bits per heavy atom. The molecule has 2 rings (SSSR count). The van der Waals surface area contributed by atoms with Gasteiger partial charge in [-0.15, -0.1) is 11.8 Å². The molecule has 17 heavy (non-hydrogen) atoms. The van der Waals surface area contributed by atoms with Crippen molar-refractivity contribution < 1.29 is 9.84 Å². The van der Waals surface area contributed by atoms with Gasteiger partial charge >= 0.3 is 0 Å². The Kier molecular flexibility index (Phi) is 4.86. The zero-order valence-electron chi connectivity index (χ0n) is 10.1. The van der Waals surface area contributed by atoms with Crippen LogP contribution in [0.1, 0.15) is 18.0 Å². The summed E-state index contributed by atoms with van der Waals surface area (Å²) < 4.78 is 5.17. The number of aliphatic hydroxyl groups excluding tert-OH is 1. The summed E-state index contributed by atoms with van der Waals surface area (Å²) in [6.45, 7) is 0.840. The first-order chi connectivity index (χ1) is 8.35. The number of nitrogens with one attached hydrogen (secondary N) is 1. The van der Waals surface area contributed by atoms with Crippen molar-refractivity contribution >= 4 is 11.8 Å². The number of benzene rings is 1. The maximum absolute atomic E-state index is 9.03. The van der Waals surface area contributed by atoms with Crippen LogP contribution in [-0.2, 0) is 4.74 Å². The smallest absolute Gasteiger partial charge is 0.0616 e. The topological polar surface area (TPSA) is 41.5 Å². The minimum Gasteiger partial charge on any atom is -0.396 e. The van der Waals surface area contributed by atoms with Crippen LogP contribution < -0.4 is 5.32 Å². The second-order valence-corrected chi connectivity index (χ2v) is 5.29. The van der Waals surface area contributed by atoms with Gasteiger partial charge in [0, 0.05) is 36.4 Å². The first-order valence-corrected chi connectivity index (χ1v) is 6.91. The van der Waals surface area contributed by atoms with Gasteiger partial charge in [0.05, 0.1) is 6.61 Å². The lowest BCUT2D eigenvalue weighted by atomic mass is 10.1. The van der Waals surface area contributed by atoms with Gasteiger partial charge in [-0.25, -0.2) is 0 Å². The third-order valence-corrected chi connectivity index (χ3v) is 4.17. The van der Waals surface area contributed by atoms with Crippen LogP contribution in [0.4, 0.5) is 0 Å². The fourth-order valence-corrected chi connectivity index (χ4v) is 3.33. The molecule has 0 amide bonds. The standard InChI is InChI=1S/C13H19NO2S/c1-16-8-10(6-7-15)14-12-9-17-13-5-3-2-4-11(12)13/h2-5,10,12,14-15H,6-9H2,1H3. The van der Waals surface area contributed by atoms with Crippen molar-refractivity contribution in [3.63, 3.8) is 0 Å². The average molecular weight is 253 g/mol. The number of methoxy groups -OCH3 is 1. The van der Waals surface area contributed by atoms with Gasteiger partial charge in [0.15, 0.2) is 0 Å². The molecule has 2 unspecified atom stereocenters. The van der Waals surface area contributed by atoms with Crippen LogP contribution in [0.3, 0.4) is 0 Å². The summed E-state index contributed by atoms with van der Waals surface area (Å²) in [7, 11) is 1.70. The van der Waals surface area contributed by atoms with E-state index in [0.717, 1.165) is 12.2 Å². The number of ether oxygens (including phenoxy) is 1. The van der Waals surface area contributed by atoms with Gasteiger partial charge in [-0.2, -0.15) is 0 Å². The summed E-state index contributed by atoms with van der Waals surface area (Å²) in [5.41, 5.74) is 1.37. The molecule has 1 aromatic carbocycles. The van der Waals surface area contributed by atoms with Gasteiger partial charge < -0.3 is 15.2 Å². The number of hydrogen-bond acceptors (Lipinski definition) is 4. The number of thioether (sulfide) groups is 1. The summed E-state index contributed by atoms with van der Waals surface area (Å²) in [5.74, 6) is 1.06. The van der Waals surface area contributed by atoms with Crippen molar-refractivity contribution in [2.24, 2.45) is 0 Å². The Labute approximate surface area is 107 Å². The molecule has 1 heterocycles. The Balaban J connectivity index is 1.99. The van der Waals surface area contributed by atoms with E-state index < -0.39 is 0 Å². The van der Waals surface area contributed by atoms with Crippen LogP contribution in [0.2, 0.25) is 0 Å². The van der Waals surface area contributed by atoms with Crippen LogP contribution in [0.5, 0.6) is 0 Å². The number of aliphatic hydroxyl groups is 1. The molecule has 0 saturated heterocycles. The lowest BCUT2D eigenvalue weighted by Crippen LogP contribution is -2.37. The van der Waals surface area contributed by atoms with E-state index in [0.29, 0.717) is 12.6 Å². The van der Waals surface area contributed by atoms with Crippen LogP contribution in [0.15, 0.2) is 29.2 Å². The van der Waals surface area contributed by atoms with Gasteiger partial charge in [0.2, 0.25) is 0 Å². The van der Waals surface area contributed by atoms with Gasteiger partial charge in [-0.3, -0.25) is 0 Å². The summed E-state index contributed by atoms with van der Waals surface area (Å²) in [4.78, 5) is 1.37. The Morgan fingerprint density at radius 3 is 3.12 bits per heavy atom. The highest BCUT2D eigenvalue weighted by atomic mass is 32.2. The van der Waals surface area contributed by atoms with E-state index in [9.17, 15) is 0 Å². The van der Waals surface area contributed by atoms with Gasteiger partial charge in [0.25, 0.3) is 0 Å². The molecule has 3 nitrogen and oxygen atoms in total. The predicted molar refractivity (Wildman–Crippen MR) is 70.4 cm³/mol. The molecule has 0 fully saturated rings. The van der Waals surface area contributed by atoms with Gasteiger partial charge in [-0.05, 0) is 18.1 Å². The van der Waals surface area contributed by atoms with Crippen LogP contribution in [0, 0.1) is 0 Å². The summed E-state index contributed by atoms with van der Waals surface area (Å²) in [6.07, 6.45) is 0.733. The summed E-state index contributed by atoms with van der Waals surface area (Å²) in [6, 6.07) is 9.10. The first-order valence-electron chi connectivity index (χ1n) is 5.92. The molecular weight excluding hydrogens is 234 g/mol. The molecule has 0 spiro atoms. The second-order valence-electron chi connectivity index (χ2n) is 4.23. The monoisotopic (exact) mass is 253 g/mol. The second kappa shape index (κ2) is 6.40. The number of hydrogen-bond donors (Lipinski definition) is 2. The van der Waals surface area contributed by atoms with Crippen molar-refractivity contribution in [3.05, 3.63) is 29.8 Å². The van der Waals surface area contributed by atoms with E-state index in [1.54, 1.807) is 7.11 Å². The van der Waals surface area contributed by atoms with Crippen molar-refractivity contribution in [1.29, 1.82) is 0 Å². The highest BCUT2D eigenvalue weighted by Gasteiger charge is 2.24. The molecule has 1 aliphatic heterocycles. The highest BCUT2D eigenvalue weighted by Crippen LogP contribution is 2.37. The molecule has 0 aliphatic carbocycles. The third-order valence-electron chi connectivity index (χ3n) is 2.98. The molecule has 94 valence electrons. The normalized spacial score (nSPS) is 20.2. The quantitative estimate of drug-likeness (QED) is 0.811. The van der Waals surface area contributed by atoms with E-state index in [-0.39, 0.29) is 12.6 Å². The molecule has 2 N–H and O–H groups in total. The molecule has 0 radical (unpaired) electrons. The van der Waals surface area contributed by atoms with Crippen LogP contribution >= 0.6 is 11.8 Å². The fraction of sp³-hybridized carbons (Fsp3) is 0.538. The van der Waals surface area contributed by atoms with E-state index in [4.69, 9.17) is 9.84 Å². The molecule has 0 aromatic heterocycles. The zero-order valence-corrected chi connectivity index (χ0v) is 10.9. The molecule has 0 bridgehead atoms. The van der Waals surface area contributed by atoms with Crippen molar-refractivity contribution in [1.82, 2.24) is 5.32 Å². The van der Waals surface area contributed by atoms with E-state index in [1.807, 2.05) is 11.8 Å². The van der Waals surface area contributed by atoms with E-state index in [2.05, 4.69) is 29.6 Å². The zero-order chi connectivity index (χ0) is 12.1. The van der Waals surface area contributed by atoms with Crippen molar-refractivity contribution in [2.45, 2.75) is 23.4 Å². The Morgan fingerprint density at radius 2 is 2.35 bits per heavy atom. The van der Waals surface area contributed by atoms with E-state index >= 15 is 0 Å². The van der Waals surface area contributed by atoms with Gasteiger partial charge in [0.1, 0.15) is 0 Å². The van der Waals surface area contributed by atoms with E-state index in [1.165, 1.54) is 10.5 Å². The van der Waals surface area contributed by atoms with Crippen LogP contribution in [0.25, 0.3) is 0 Å². The fourth-order valence-electron chi connectivity index (χ4n) is 2.16. The summed E-state index contributed by atoms with van der Waals surface area (Å²) >= 11 is 1.89. The SMILES string of the molecule is COCC(CCO)NC1CSc2ccccc21. The molecule has 0 saturated carbocycles. The summed E-state index contributed by atoms with van der Waals surface area (Å²) in [5, 5.41) is 12.6. The van der Waals surface area contributed by atoms with Crippen LogP contribution in [-0.4, -0.2) is 37.2 Å². The van der Waals surface area contributed by atoms with Crippen molar-refractivity contribution in [2.75, 3.05) is 26.1 Å². The number of rotatable bonds is 6. The highest BCUT2D eigenvalue weighted by molar-refractivity contribution is 7.99. The average Bonchev–Trinajstić information content (AvgIpc) is 2.74. The Bertz CT molecular complexity index is 353.